The van der Waals surface area contributed by atoms with E-state index in [-0.39, 0.29) is 23.2 Å². The molecule has 5 aliphatic rings. The van der Waals surface area contributed by atoms with Crippen molar-refractivity contribution in [1.82, 2.24) is 10.2 Å². The van der Waals surface area contributed by atoms with E-state index in [9.17, 15) is 9.90 Å². The van der Waals surface area contributed by atoms with Crippen LogP contribution in [-0.4, -0.2) is 53.7 Å². The number of aromatic hydroxyl groups is 1. The summed E-state index contributed by atoms with van der Waals surface area (Å²) in [5.41, 5.74) is 3.17. The number of likely N-dealkylation sites (tertiary alicyclic amines) is 1. The van der Waals surface area contributed by atoms with E-state index in [2.05, 4.69) is 22.5 Å². The molecule has 1 saturated heterocycles. The summed E-state index contributed by atoms with van der Waals surface area (Å²) in [6.45, 7) is 7.13. The molecular weight excluding hydrogens is 402 g/mol. The molecule has 6 heteroatoms. The Bertz CT molecular complexity index is 929. The smallest absolute Gasteiger partial charge is 0.221 e. The highest BCUT2D eigenvalue weighted by Gasteiger charge is 2.66. The van der Waals surface area contributed by atoms with Crippen molar-refractivity contribution in [3.05, 3.63) is 17.2 Å². The number of carbonyl (C=O) groups excluding carboxylic acids is 1. The predicted molar refractivity (Wildman–Crippen MR) is 124 cm³/mol. The van der Waals surface area contributed by atoms with Gasteiger partial charge < -0.3 is 20.5 Å². The maximum atomic E-state index is 12.0. The SMILES string of the molecule is CCCCN[C@H]1CC[C@H]2[C@H]3Cc4c(NC(C)=O)cc(O)c5c4[C@@]2(CCN3CC2CC2)[C@H]1O5. The first-order valence-corrected chi connectivity index (χ1v) is 12.8. The van der Waals surface area contributed by atoms with Crippen LogP contribution in [0.3, 0.4) is 0 Å². The number of rotatable bonds is 7. The minimum atomic E-state index is -0.0848. The van der Waals surface area contributed by atoms with E-state index in [4.69, 9.17) is 4.74 Å². The van der Waals surface area contributed by atoms with Crippen molar-refractivity contribution in [3.63, 3.8) is 0 Å². The zero-order valence-corrected chi connectivity index (χ0v) is 19.5. The van der Waals surface area contributed by atoms with Crippen molar-refractivity contribution in [1.29, 1.82) is 0 Å². The lowest BCUT2D eigenvalue weighted by atomic mass is 9.51. The Kier molecular flexibility index (Phi) is 4.95. The average Bonchev–Trinajstić information content (AvgIpc) is 3.50. The highest BCUT2D eigenvalue weighted by atomic mass is 16.5. The van der Waals surface area contributed by atoms with Crippen molar-refractivity contribution >= 4 is 11.6 Å². The molecular formula is C26H37N3O3. The molecule has 2 bridgehead atoms. The fourth-order valence-electron chi connectivity index (χ4n) is 7.54. The number of amides is 1. The predicted octanol–water partition coefficient (Wildman–Crippen LogP) is 3.56. The first-order valence-electron chi connectivity index (χ1n) is 12.8. The molecule has 1 aromatic carbocycles. The van der Waals surface area contributed by atoms with E-state index >= 15 is 0 Å². The van der Waals surface area contributed by atoms with Crippen molar-refractivity contribution in [2.45, 2.75) is 88.8 Å². The van der Waals surface area contributed by atoms with Gasteiger partial charge >= 0.3 is 0 Å². The van der Waals surface area contributed by atoms with Gasteiger partial charge in [-0.15, -0.1) is 0 Å². The van der Waals surface area contributed by atoms with Crippen LogP contribution in [0.5, 0.6) is 11.5 Å². The molecule has 6 rings (SSSR count). The number of unbranched alkanes of at least 4 members (excludes halogenated alkanes) is 1. The molecule has 2 heterocycles. The second-order valence-corrected chi connectivity index (χ2v) is 10.9. The zero-order valence-electron chi connectivity index (χ0n) is 19.5. The van der Waals surface area contributed by atoms with E-state index in [0.717, 1.165) is 44.0 Å². The molecule has 32 heavy (non-hydrogen) atoms. The molecule has 0 radical (unpaired) electrons. The molecule has 3 N–H and O–H groups in total. The summed E-state index contributed by atoms with van der Waals surface area (Å²) in [6, 6.07) is 2.54. The quantitative estimate of drug-likeness (QED) is 0.567. The third-order valence-electron chi connectivity index (χ3n) is 9.00. The summed E-state index contributed by atoms with van der Waals surface area (Å²) < 4.78 is 6.70. The monoisotopic (exact) mass is 439 g/mol. The maximum Gasteiger partial charge on any atom is 0.221 e. The van der Waals surface area contributed by atoms with E-state index in [0.29, 0.717) is 23.8 Å². The lowest BCUT2D eigenvalue weighted by Crippen LogP contribution is -2.68. The number of phenolic OH excluding ortho intramolecular Hbond substituents is 1. The lowest BCUT2D eigenvalue weighted by molar-refractivity contribution is -0.114. The van der Waals surface area contributed by atoms with Crippen molar-refractivity contribution in [2.24, 2.45) is 11.8 Å². The summed E-state index contributed by atoms with van der Waals surface area (Å²) in [4.78, 5) is 14.8. The van der Waals surface area contributed by atoms with Gasteiger partial charge in [0.25, 0.3) is 0 Å². The number of nitrogens with zero attached hydrogens (tertiary/aromatic N) is 1. The zero-order chi connectivity index (χ0) is 22.0. The first-order chi connectivity index (χ1) is 15.5. The topological polar surface area (TPSA) is 73.8 Å². The molecule has 5 atom stereocenters. The minimum absolute atomic E-state index is 0.0538. The number of hydrogen-bond donors (Lipinski definition) is 3. The van der Waals surface area contributed by atoms with Crippen LogP contribution in [0.15, 0.2) is 6.07 Å². The molecule has 3 aliphatic carbocycles. The summed E-state index contributed by atoms with van der Waals surface area (Å²) in [6.07, 6.45) is 9.55. The standard InChI is InChI=1S/C26H37N3O3/c1-3-4-10-27-19-8-7-18-21-12-17-20(28-15(2)30)13-22(31)24-23(17)26(18,25(19)32-24)9-11-29(21)14-16-5-6-16/h13,16,18-19,21,25,27,31H,3-12,14H2,1-2H3,(H,28,30)/t18-,19-,21+,25-,26-/m0/s1. The number of benzene rings is 1. The second kappa shape index (κ2) is 7.63. The van der Waals surface area contributed by atoms with Crippen LogP contribution in [0.2, 0.25) is 0 Å². The van der Waals surface area contributed by atoms with Crippen LogP contribution < -0.4 is 15.4 Å². The van der Waals surface area contributed by atoms with Crippen molar-refractivity contribution < 1.29 is 14.6 Å². The third kappa shape index (κ3) is 3.02. The number of ether oxygens (including phenoxy) is 1. The van der Waals surface area contributed by atoms with Crippen LogP contribution in [0.1, 0.15) is 69.9 Å². The number of piperidine rings is 1. The number of phenols is 1. The summed E-state index contributed by atoms with van der Waals surface area (Å²) in [7, 11) is 0. The molecule has 3 fully saturated rings. The van der Waals surface area contributed by atoms with Gasteiger partial charge in [0.05, 0.1) is 0 Å². The van der Waals surface area contributed by atoms with Crippen LogP contribution >= 0.6 is 0 Å². The third-order valence-corrected chi connectivity index (χ3v) is 9.00. The lowest BCUT2D eigenvalue weighted by Gasteiger charge is -2.60. The minimum Gasteiger partial charge on any atom is -0.504 e. The van der Waals surface area contributed by atoms with Crippen molar-refractivity contribution in [3.8, 4) is 11.5 Å². The summed E-state index contributed by atoms with van der Waals surface area (Å²) in [5, 5.41) is 17.8. The van der Waals surface area contributed by atoms with Crippen LogP contribution in [0.4, 0.5) is 5.69 Å². The Balaban J connectivity index is 1.45. The number of hydrogen-bond acceptors (Lipinski definition) is 5. The second-order valence-electron chi connectivity index (χ2n) is 10.9. The number of anilines is 1. The fraction of sp³-hybridized carbons (Fsp3) is 0.731. The maximum absolute atomic E-state index is 12.0. The normalized spacial score (nSPS) is 34.7. The number of nitrogens with one attached hydrogen (secondary N) is 2. The van der Waals surface area contributed by atoms with Crippen molar-refractivity contribution in [2.75, 3.05) is 25.0 Å². The van der Waals surface area contributed by atoms with Gasteiger partial charge in [0.15, 0.2) is 11.5 Å². The van der Waals surface area contributed by atoms with Crippen LogP contribution in [-0.2, 0) is 16.6 Å². The largest absolute Gasteiger partial charge is 0.504 e. The molecule has 0 unspecified atom stereocenters. The first kappa shape index (κ1) is 20.8. The van der Waals surface area contributed by atoms with Gasteiger partial charge in [-0.2, -0.15) is 0 Å². The number of carbonyl (C=O) groups is 1. The molecule has 1 aromatic rings. The molecule has 2 saturated carbocycles. The molecule has 2 aliphatic heterocycles. The van der Waals surface area contributed by atoms with Gasteiger partial charge in [0.2, 0.25) is 5.91 Å². The van der Waals surface area contributed by atoms with Gasteiger partial charge in [-0.1, -0.05) is 13.3 Å². The van der Waals surface area contributed by atoms with Crippen LogP contribution in [0, 0.1) is 11.8 Å². The average molecular weight is 440 g/mol. The van der Waals surface area contributed by atoms with Gasteiger partial charge in [-0.3, -0.25) is 9.69 Å². The van der Waals surface area contributed by atoms with E-state index in [1.54, 1.807) is 13.0 Å². The van der Waals surface area contributed by atoms with Gasteiger partial charge in [-0.05, 0) is 75.4 Å². The highest BCUT2D eigenvalue weighted by Crippen LogP contribution is 2.65. The summed E-state index contributed by atoms with van der Waals surface area (Å²) in [5.74, 6) is 2.23. The van der Waals surface area contributed by atoms with E-state index in [1.807, 2.05) is 0 Å². The molecule has 6 nitrogen and oxygen atoms in total. The summed E-state index contributed by atoms with van der Waals surface area (Å²) >= 11 is 0. The Morgan fingerprint density at radius 3 is 2.91 bits per heavy atom. The fourth-order valence-corrected chi connectivity index (χ4v) is 7.54. The van der Waals surface area contributed by atoms with E-state index < -0.39 is 0 Å². The molecule has 1 spiro atoms. The molecule has 174 valence electrons. The van der Waals surface area contributed by atoms with E-state index in [1.165, 1.54) is 49.8 Å². The molecule has 0 aromatic heterocycles. The van der Waals surface area contributed by atoms with Gasteiger partial charge in [0, 0.05) is 48.3 Å². The highest BCUT2D eigenvalue weighted by molar-refractivity contribution is 5.91. The Morgan fingerprint density at radius 1 is 1.31 bits per heavy atom. The van der Waals surface area contributed by atoms with Crippen LogP contribution in [0.25, 0.3) is 0 Å². The van der Waals surface area contributed by atoms with Gasteiger partial charge in [0.1, 0.15) is 6.10 Å². The van der Waals surface area contributed by atoms with Gasteiger partial charge in [-0.25, -0.2) is 0 Å². The Labute approximate surface area is 191 Å². The Morgan fingerprint density at radius 2 is 2.16 bits per heavy atom. The Hall–Kier alpha value is -1.79. The molecule has 1 amide bonds.